The van der Waals surface area contributed by atoms with E-state index >= 15 is 0 Å². The molecule has 0 radical (unpaired) electrons. The van der Waals surface area contributed by atoms with Crippen LogP contribution in [-0.4, -0.2) is 37.1 Å². The molecule has 0 aliphatic rings. The third-order valence-corrected chi connectivity index (χ3v) is 4.81. The lowest BCUT2D eigenvalue weighted by molar-refractivity contribution is 0.137. The summed E-state index contributed by atoms with van der Waals surface area (Å²) in [5.74, 6) is 0. The zero-order chi connectivity index (χ0) is 15.3. The molecule has 1 atom stereocenters. The average Bonchev–Trinajstić information content (AvgIpc) is 2.38. The molecule has 114 valence electrons. The number of hydrogen-bond acceptors (Lipinski definition) is 2. The van der Waals surface area contributed by atoms with Gasteiger partial charge in [0.05, 0.1) is 10.0 Å². The summed E-state index contributed by atoms with van der Waals surface area (Å²) >= 11 is 12.1. The molecular formula is C16H26Cl2N2. The summed E-state index contributed by atoms with van der Waals surface area (Å²) in [6.45, 7) is 7.73. The van der Waals surface area contributed by atoms with Gasteiger partial charge in [0, 0.05) is 11.6 Å². The molecule has 1 N–H and O–H groups in total. The molecule has 0 saturated heterocycles. The van der Waals surface area contributed by atoms with Gasteiger partial charge < -0.3 is 10.2 Å². The van der Waals surface area contributed by atoms with Crippen molar-refractivity contribution in [3.8, 4) is 0 Å². The van der Waals surface area contributed by atoms with Gasteiger partial charge in [0.2, 0.25) is 0 Å². The fourth-order valence-corrected chi connectivity index (χ4v) is 2.42. The van der Waals surface area contributed by atoms with E-state index in [1.54, 1.807) is 0 Å². The summed E-state index contributed by atoms with van der Waals surface area (Å²) in [7, 11) is 4.24. The van der Waals surface area contributed by atoms with E-state index in [9.17, 15) is 0 Å². The van der Waals surface area contributed by atoms with Crippen LogP contribution in [0.5, 0.6) is 0 Å². The quantitative estimate of drug-likeness (QED) is 0.809. The molecule has 20 heavy (non-hydrogen) atoms. The van der Waals surface area contributed by atoms with E-state index < -0.39 is 0 Å². The molecule has 0 aliphatic carbocycles. The van der Waals surface area contributed by atoms with Gasteiger partial charge in [0.1, 0.15) is 0 Å². The molecule has 1 rings (SSSR count). The lowest BCUT2D eigenvalue weighted by atomic mass is 9.88. The Hall–Kier alpha value is -0.280. The van der Waals surface area contributed by atoms with E-state index in [0.717, 1.165) is 19.4 Å². The van der Waals surface area contributed by atoms with Gasteiger partial charge in [-0.2, -0.15) is 0 Å². The Morgan fingerprint density at radius 3 is 2.35 bits per heavy atom. The highest BCUT2D eigenvalue weighted by molar-refractivity contribution is 6.42. The SMILES string of the molecule is CCCNC(Cc1ccc(Cl)c(Cl)c1)C(C)(C)N(C)C. The molecule has 0 saturated carbocycles. The van der Waals surface area contributed by atoms with Crippen LogP contribution in [0, 0.1) is 0 Å². The molecule has 1 aromatic rings. The fraction of sp³-hybridized carbons (Fsp3) is 0.625. The van der Waals surface area contributed by atoms with Gasteiger partial charge in [-0.3, -0.25) is 0 Å². The summed E-state index contributed by atoms with van der Waals surface area (Å²) in [5.41, 5.74) is 1.27. The van der Waals surface area contributed by atoms with Crippen LogP contribution in [-0.2, 0) is 6.42 Å². The van der Waals surface area contributed by atoms with Crippen LogP contribution < -0.4 is 5.32 Å². The summed E-state index contributed by atoms with van der Waals surface area (Å²) in [6.07, 6.45) is 2.06. The maximum Gasteiger partial charge on any atom is 0.0595 e. The standard InChI is InChI=1S/C16H26Cl2N2/c1-6-9-19-15(16(2,3)20(4)5)11-12-7-8-13(17)14(18)10-12/h7-8,10,15,19H,6,9,11H2,1-5H3. The second kappa shape index (κ2) is 7.65. The Labute approximate surface area is 133 Å². The first kappa shape index (κ1) is 17.8. The Bertz CT molecular complexity index is 430. The minimum atomic E-state index is 0.0568. The molecule has 0 aromatic heterocycles. The molecule has 0 amide bonds. The Kier molecular flexibility index (Phi) is 6.80. The van der Waals surface area contributed by atoms with E-state index in [-0.39, 0.29) is 5.54 Å². The van der Waals surface area contributed by atoms with Gasteiger partial charge in [-0.15, -0.1) is 0 Å². The number of likely N-dealkylation sites (N-methyl/N-ethyl adjacent to an activating group) is 1. The Balaban J connectivity index is 2.91. The molecule has 1 aromatic carbocycles. The Morgan fingerprint density at radius 1 is 1.20 bits per heavy atom. The number of benzene rings is 1. The predicted molar refractivity (Wildman–Crippen MR) is 90.0 cm³/mol. The van der Waals surface area contributed by atoms with Crippen molar-refractivity contribution in [2.45, 2.75) is 45.2 Å². The van der Waals surface area contributed by atoms with Gasteiger partial charge in [0.25, 0.3) is 0 Å². The van der Waals surface area contributed by atoms with Crippen LogP contribution in [0.3, 0.4) is 0 Å². The summed E-state index contributed by atoms with van der Waals surface area (Å²) in [5, 5.41) is 4.89. The third kappa shape index (κ3) is 4.63. The normalized spacial score (nSPS) is 13.8. The van der Waals surface area contributed by atoms with E-state index in [0.29, 0.717) is 16.1 Å². The zero-order valence-electron chi connectivity index (χ0n) is 13.1. The van der Waals surface area contributed by atoms with Crippen molar-refractivity contribution in [3.05, 3.63) is 33.8 Å². The van der Waals surface area contributed by atoms with Crippen LogP contribution in [0.2, 0.25) is 10.0 Å². The number of nitrogens with zero attached hydrogens (tertiary/aromatic N) is 1. The van der Waals surface area contributed by atoms with Crippen molar-refractivity contribution in [2.24, 2.45) is 0 Å². The van der Waals surface area contributed by atoms with Crippen molar-refractivity contribution in [3.63, 3.8) is 0 Å². The minimum Gasteiger partial charge on any atom is -0.312 e. The van der Waals surface area contributed by atoms with Gasteiger partial charge in [0.15, 0.2) is 0 Å². The first-order chi connectivity index (χ1) is 9.28. The number of halogens is 2. The van der Waals surface area contributed by atoms with Crippen LogP contribution in [0.15, 0.2) is 18.2 Å². The number of hydrogen-bond donors (Lipinski definition) is 1. The first-order valence-electron chi connectivity index (χ1n) is 7.13. The smallest absolute Gasteiger partial charge is 0.0595 e. The van der Waals surface area contributed by atoms with E-state index in [4.69, 9.17) is 23.2 Å². The highest BCUT2D eigenvalue weighted by atomic mass is 35.5. The van der Waals surface area contributed by atoms with Crippen LogP contribution >= 0.6 is 23.2 Å². The molecule has 0 bridgehead atoms. The lowest BCUT2D eigenvalue weighted by Crippen LogP contribution is -2.56. The van der Waals surface area contributed by atoms with Gasteiger partial charge in [-0.05, 0) is 65.0 Å². The average molecular weight is 317 g/mol. The van der Waals surface area contributed by atoms with Gasteiger partial charge in [-0.25, -0.2) is 0 Å². The molecule has 0 fully saturated rings. The predicted octanol–water partition coefficient (Wildman–Crippen LogP) is 4.24. The van der Waals surface area contributed by atoms with Crippen molar-refractivity contribution in [1.82, 2.24) is 10.2 Å². The highest BCUT2D eigenvalue weighted by Crippen LogP contribution is 2.25. The van der Waals surface area contributed by atoms with Crippen LogP contribution in [0.4, 0.5) is 0 Å². The van der Waals surface area contributed by atoms with Gasteiger partial charge in [-0.1, -0.05) is 36.2 Å². The molecular weight excluding hydrogens is 291 g/mol. The first-order valence-corrected chi connectivity index (χ1v) is 7.89. The minimum absolute atomic E-state index is 0.0568. The van der Waals surface area contributed by atoms with Crippen LogP contribution in [0.25, 0.3) is 0 Å². The maximum absolute atomic E-state index is 6.12. The molecule has 4 heteroatoms. The molecule has 1 unspecified atom stereocenters. The Morgan fingerprint density at radius 2 is 1.85 bits per heavy atom. The van der Waals surface area contributed by atoms with E-state index in [1.807, 2.05) is 12.1 Å². The lowest BCUT2D eigenvalue weighted by Gasteiger charge is -2.41. The molecule has 2 nitrogen and oxygen atoms in total. The van der Waals surface area contributed by atoms with E-state index in [2.05, 4.69) is 51.1 Å². The zero-order valence-corrected chi connectivity index (χ0v) is 14.6. The van der Waals surface area contributed by atoms with Crippen molar-refractivity contribution in [2.75, 3.05) is 20.6 Å². The number of nitrogens with one attached hydrogen (secondary N) is 1. The second-order valence-electron chi connectivity index (χ2n) is 6.01. The van der Waals surface area contributed by atoms with Crippen molar-refractivity contribution in [1.29, 1.82) is 0 Å². The summed E-state index contributed by atoms with van der Waals surface area (Å²) in [6, 6.07) is 6.25. The third-order valence-electron chi connectivity index (χ3n) is 4.07. The van der Waals surface area contributed by atoms with Crippen molar-refractivity contribution >= 4 is 23.2 Å². The highest BCUT2D eigenvalue weighted by Gasteiger charge is 2.31. The maximum atomic E-state index is 6.12. The van der Waals surface area contributed by atoms with Crippen molar-refractivity contribution < 1.29 is 0 Å². The molecule has 0 spiro atoms. The topological polar surface area (TPSA) is 15.3 Å². The molecule has 0 aliphatic heterocycles. The van der Waals surface area contributed by atoms with Gasteiger partial charge >= 0.3 is 0 Å². The monoisotopic (exact) mass is 316 g/mol. The summed E-state index contributed by atoms with van der Waals surface area (Å²) in [4.78, 5) is 2.26. The van der Waals surface area contributed by atoms with E-state index in [1.165, 1.54) is 5.56 Å². The van der Waals surface area contributed by atoms with Crippen LogP contribution in [0.1, 0.15) is 32.8 Å². The number of rotatable bonds is 7. The largest absolute Gasteiger partial charge is 0.312 e. The molecule has 0 heterocycles. The summed E-state index contributed by atoms with van der Waals surface area (Å²) < 4.78 is 0. The fourth-order valence-electron chi connectivity index (χ4n) is 2.10. The second-order valence-corrected chi connectivity index (χ2v) is 6.82.